The van der Waals surface area contributed by atoms with E-state index in [1.807, 2.05) is 0 Å². The lowest BCUT2D eigenvalue weighted by atomic mass is 10.1. The Labute approximate surface area is 198 Å². The van der Waals surface area contributed by atoms with Gasteiger partial charge in [0, 0.05) is 22.9 Å². The Morgan fingerprint density at radius 2 is 1.34 bits per heavy atom. The zero-order valence-corrected chi connectivity index (χ0v) is 18.0. The average molecular weight is 470 g/mol. The average Bonchev–Trinajstić information content (AvgIpc) is 3.28. The summed E-state index contributed by atoms with van der Waals surface area (Å²) in [7, 11) is 0. The fraction of sp³-hybridized carbons (Fsp3) is 0. The molecule has 174 valence electrons. The van der Waals surface area contributed by atoms with Crippen molar-refractivity contribution in [2.75, 3.05) is 0 Å². The molecular weight excluding hydrogens is 452 g/mol. The molecule has 0 unspecified atom stereocenters. The summed E-state index contributed by atoms with van der Waals surface area (Å²) in [6, 6.07) is 17.9. The van der Waals surface area contributed by atoms with E-state index in [-0.39, 0.29) is 16.9 Å². The number of aromatic hydroxyl groups is 1. The van der Waals surface area contributed by atoms with Crippen molar-refractivity contribution in [2.45, 2.75) is 0 Å². The maximum absolute atomic E-state index is 12.3. The lowest BCUT2D eigenvalue weighted by Gasteiger charge is -2.02. The zero-order valence-electron chi connectivity index (χ0n) is 18.0. The number of nitrogens with zero attached hydrogens (tertiary/aromatic N) is 3. The molecule has 1 heterocycles. The molecule has 0 aliphatic heterocycles. The number of carbonyl (C=O) groups is 3. The lowest BCUT2D eigenvalue weighted by molar-refractivity contribution is 0.0686. The minimum atomic E-state index is -1.06. The van der Waals surface area contributed by atoms with Gasteiger partial charge in [-0.05, 0) is 60.7 Å². The van der Waals surface area contributed by atoms with Crippen LogP contribution in [0.15, 0.2) is 84.1 Å². The largest absolute Gasteiger partial charge is 0.508 e. The summed E-state index contributed by atoms with van der Waals surface area (Å²) in [6.45, 7) is 0. The predicted molar refractivity (Wildman–Crippen MR) is 126 cm³/mol. The second-order valence-electron chi connectivity index (χ2n) is 7.36. The van der Waals surface area contributed by atoms with Gasteiger partial charge in [-0.1, -0.05) is 12.1 Å². The molecule has 0 aliphatic carbocycles. The third kappa shape index (κ3) is 5.22. The molecule has 0 bridgehead atoms. The number of carboxylic acids is 2. The lowest BCUT2D eigenvalue weighted by Crippen LogP contribution is -2.17. The summed E-state index contributed by atoms with van der Waals surface area (Å²) < 4.78 is 1.52. The summed E-state index contributed by atoms with van der Waals surface area (Å²) >= 11 is 0. The van der Waals surface area contributed by atoms with Crippen LogP contribution in [0, 0.1) is 0 Å². The van der Waals surface area contributed by atoms with Crippen LogP contribution in [-0.2, 0) is 0 Å². The molecule has 4 rings (SSSR count). The molecule has 0 aliphatic rings. The van der Waals surface area contributed by atoms with Crippen LogP contribution in [0.5, 0.6) is 5.75 Å². The van der Waals surface area contributed by atoms with Crippen molar-refractivity contribution >= 4 is 24.1 Å². The van der Waals surface area contributed by atoms with Crippen LogP contribution in [0.2, 0.25) is 0 Å². The van der Waals surface area contributed by atoms with Crippen LogP contribution in [-0.4, -0.2) is 49.2 Å². The number of phenolic OH excluding ortho intramolecular Hbond substituents is 1. The van der Waals surface area contributed by atoms with E-state index in [9.17, 15) is 19.5 Å². The highest BCUT2D eigenvalue weighted by molar-refractivity contribution is 5.96. The van der Waals surface area contributed by atoms with E-state index in [1.54, 1.807) is 30.5 Å². The highest BCUT2D eigenvalue weighted by atomic mass is 16.4. The third-order valence-corrected chi connectivity index (χ3v) is 5.03. The topological polar surface area (TPSA) is 154 Å². The van der Waals surface area contributed by atoms with Gasteiger partial charge in [0.2, 0.25) is 0 Å². The first-order valence-corrected chi connectivity index (χ1v) is 10.2. The van der Waals surface area contributed by atoms with Crippen LogP contribution in [0.25, 0.3) is 16.9 Å². The molecule has 35 heavy (non-hydrogen) atoms. The standard InChI is InChI=1S/C25H18N4O6/c30-21-11-7-16(8-12-21)23(31)27-26-13-19-14-29(20-9-5-18(6-10-20)25(34)35)28-22(19)15-1-3-17(4-2-15)24(32)33/h1-14,30H,(H,27,31)(H,32,33)(H,34,35)/b26-13+. The highest BCUT2D eigenvalue weighted by Crippen LogP contribution is 2.23. The van der Waals surface area contributed by atoms with Crippen molar-refractivity contribution in [3.05, 3.63) is 101 Å². The van der Waals surface area contributed by atoms with E-state index >= 15 is 0 Å². The van der Waals surface area contributed by atoms with Crippen molar-refractivity contribution in [3.63, 3.8) is 0 Å². The Hall–Kier alpha value is -5.25. The summed E-state index contributed by atoms with van der Waals surface area (Å²) in [6.07, 6.45) is 3.04. The van der Waals surface area contributed by atoms with Gasteiger partial charge in [-0.3, -0.25) is 4.79 Å². The first-order valence-electron chi connectivity index (χ1n) is 10.2. The third-order valence-electron chi connectivity index (χ3n) is 5.03. The Bertz CT molecular complexity index is 1420. The van der Waals surface area contributed by atoms with Gasteiger partial charge >= 0.3 is 11.9 Å². The molecule has 1 amide bonds. The van der Waals surface area contributed by atoms with E-state index < -0.39 is 17.8 Å². The maximum atomic E-state index is 12.3. The summed E-state index contributed by atoms with van der Waals surface area (Å²) in [5.41, 5.74) is 5.14. The Balaban J connectivity index is 1.66. The van der Waals surface area contributed by atoms with Crippen LogP contribution in [0.4, 0.5) is 0 Å². The number of hydrogen-bond donors (Lipinski definition) is 4. The van der Waals surface area contributed by atoms with Gasteiger partial charge in [-0.15, -0.1) is 0 Å². The number of rotatable bonds is 7. The maximum Gasteiger partial charge on any atom is 0.335 e. The monoisotopic (exact) mass is 470 g/mol. The Morgan fingerprint density at radius 1 is 0.800 bits per heavy atom. The van der Waals surface area contributed by atoms with Crippen molar-refractivity contribution in [3.8, 4) is 22.7 Å². The van der Waals surface area contributed by atoms with E-state index in [4.69, 9.17) is 10.2 Å². The van der Waals surface area contributed by atoms with Gasteiger partial charge in [-0.25, -0.2) is 19.7 Å². The minimum Gasteiger partial charge on any atom is -0.508 e. The Morgan fingerprint density at radius 3 is 1.91 bits per heavy atom. The minimum absolute atomic E-state index is 0.0346. The number of phenols is 1. The number of carboxylic acid groups (broad SMARTS) is 2. The van der Waals surface area contributed by atoms with Gasteiger partial charge in [0.15, 0.2) is 0 Å². The summed E-state index contributed by atoms with van der Waals surface area (Å²) in [5, 5.41) is 36.2. The van der Waals surface area contributed by atoms with Crippen molar-refractivity contribution < 1.29 is 29.7 Å². The second kappa shape index (κ2) is 9.71. The number of aromatic nitrogens is 2. The molecule has 0 atom stereocenters. The molecule has 10 heteroatoms. The number of hydrazone groups is 1. The normalized spacial score (nSPS) is 10.9. The highest BCUT2D eigenvalue weighted by Gasteiger charge is 2.13. The Kier molecular flexibility index (Phi) is 6.36. The molecule has 4 N–H and O–H groups in total. The van der Waals surface area contributed by atoms with Gasteiger partial charge < -0.3 is 15.3 Å². The molecule has 0 spiro atoms. The molecule has 0 saturated heterocycles. The van der Waals surface area contributed by atoms with Crippen LogP contribution in [0.1, 0.15) is 36.6 Å². The fourth-order valence-corrected chi connectivity index (χ4v) is 3.20. The number of benzene rings is 3. The smallest absolute Gasteiger partial charge is 0.335 e. The quantitative estimate of drug-likeness (QED) is 0.238. The first-order chi connectivity index (χ1) is 16.8. The fourth-order valence-electron chi connectivity index (χ4n) is 3.20. The molecule has 10 nitrogen and oxygen atoms in total. The number of aromatic carboxylic acids is 2. The molecule has 0 fully saturated rings. The van der Waals surface area contributed by atoms with Gasteiger partial charge in [0.05, 0.1) is 23.0 Å². The molecule has 4 aromatic rings. The molecule has 1 aromatic heterocycles. The predicted octanol–water partition coefficient (Wildman–Crippen LogP) is 3.41. The molecule has 0 radical (unpaired) electrons. The second-order valence-corrected chi connectivity index (χ2v) is 7.36. The number of carbonyl (C=O) groups excluding carboxylic acids is 1. The van der Waals surface area contributed by atoms with E-state index in [1.165, 1.54) is 59.4 Å². The summed E-state index contributed by atoms with van der Waals surface area (Å²) in [4.78, 5) is 34.6. The first kappa shape index (κ1) is 22.9. The number of amides is 1. The van der Waals surface area contributed by atoms with Crippen LogP contribution < -0.4 is 5.43 Å². The number of nitrogens with one attached hydrogen (secondary N) is 1. The molecular formula is C25H18N4O6. The van der Waals surface area contributed by atoms with Gasteiger partial charge in [-0.2, -0.15) is 10.2 Å². The number of hydrogen-bond acceptors (Lipinski definition) is 6. The molecule has 3 aromatic carbocycles. The van der Waals surface area contributed by atoms with Crippen molar-refractivity contribution in [1.82, 2.24) is 15.2 Å². The van der Waals surface area contributed by atoms with E-state index in [2.05, 4.69) is 15.6 Å². The van der Waals surface area contributed by atoms with Crippen molar-refractivity contribution in [2.24, 2.45) is 5.10 Å². The van der Waals surface area contributed by atoms with Crippen LogP contribution >= 0.6 is 0 Å². The summed E-state index contributed by atoms with van der Waals surface area (Å²) in [5.74, 6) is -2.55. The van der Waals surface area contributed by atoms with Gasteiger partial charge in [0.25, 0.3) is 5.91 Å². The SMILES string of the molecule is O=C(O)c1ccc(-c2nn(-c3ccc(C(=O)O)cc3)cc2/C=N/NC(=O)c2ccc(O)cc2)cc1. The zero-order chi connectivity index (χ0) is 24.9. The molecule has 0 saturated carbocycles. The van der Waals surface area contributed by atoms with Crippen LogP contribution in [0.3, 0.4) is 0 Å². The van der Waals surface area contributed by atoms with E-state index in [0.717, 1.165) is 0 Å². The van der Waals surface area contributed by atoms with Crippen molar-refractivity contribution in [1.29, 1.82) is 0 Å². The van der Waals surface area contributed by atoms with E-state index in [0.29, 0.717) is 28.1 Å². The van der Waals surface area contributed by atoms with Gasteiger partial charge in [0.1, 0.15) is 11.4 Å².